The zero-order valence-corrected chi connectivity index (χ0v) is 15.6. The van der Waals surface area contributed by atoms with E-state index in [2.05, 4.69) is 46.4 Å². The maximum Gasteiger partial charge on any atom is 0.214 e. The van der Waals surface area contributed by atoms with Crippen LogP contribution < -0.4 is 10.0 Å². The number of nitrogens with one attached hydrogen (secondary N) is 2. The van der Waals surface area contributed by atoms with Crippen molar-refractivity contribution in [3.8, 4) is 11.1 Å². The van der Waals surface area contributed by atoms with E-state index in [-0.39, 0.29) is 12.0 Å². The molecular weight excluding hydrogens is 332 g/mol. The molecular formula is C20H26N2O2S. The maximum atomic E-state index is 12.3. The summed E-state index contributed by atoms with van der Waals surface area (Å²) in [5, 5.41) is 2.98. The summed E-state index contributed by atoms with van der Waals surface area (Å²) in [6.07, 6.45) is 0.803. The van der Waals surface area contributed by atoms with E-state index in [1.54, 1.807) is 13.8 Å². The largest absolute Gasteiger partial charge is 0.316 e. The summed E-state index contributed by atoms with van der Waals surface area (Å²) in [5.41, 5.74) is 3.53. The third kappa shape index (κ3) is 4.29. The van der Waals surface area contributed by atoms with E-state index in [0.29, 0.717) is 0 Å². The van der Waals surface area contributed by atoms with Gasteiger partial charge in [0.05, 0.1) is 5.25 Å². The molecule has 3 rings (SSSR count). The van der Waals surface area contributed by atoms with E-state index in [9.17, 15) is 8.42 Å². The standard InChI is InChI=1S/C20H26N2O2S/c1-15(2)25(23,24)22-20-12-13-21-14-19(20)18-10-8-17(9-11-18)16-6-4-3-5-7-16/h3-11,15,19-22H,12-14H2,1-2H3/t19-,20+/m1/s1. The van der Waals surface area contributed by atoms with Gasteiger partial charge in [-0.05, 0) is 43.5 Å². The van der Waals surface area contributed by atoms with E-state index in [1.807, 2.05) is 18.2 Å². The fourth-order valence-corrected chi connectivity index (χ4v) is 4.23. The molecule has 2 atom stereocenters. The molecule has 134 valence electrons. The molecule has 1 saturated heterocycles. The summed E-state index contributed by atoms with van der Waals surface area (Å²) in [7, 11) is -3.27. The molecule has 1 fully saturated rings. The number of hydrogen-bond acceptors (Lipinski definition) is 3. The summed E-state index contributed by atoms with van der Waals surface area (Å²) in [4.78, 5) is 0. The predicted molar refractivity (Wildman–Crippen MR) is 103 cm³/mol. The molecule has 0 radical (unpaired) electrons. The average Bonchev–Trinajstić information content (AvgIpc) is 2.63. The Kier molecular flexibility index (Phi) is 5.57. The zero-order valence-electron chi connectivity index (χ0n) is 14.8. The van der Waals surface area contributed by atoms with Gasteiger partial charge in [-0.15, -0.1) is 0 Å². The Morgan fingerprint density at radius 1 is 1.00 bits per heavy atom. The minimum absolute atomic E-state index is 0.0591. The lowest BCUT2D eigenvalue weighted by molar-refractivity contribution is 0.377. The lowest BCUT2D eigenvalue weighted by Crippen LogP contribution is -2.49. The molecule has 1 aliphatic rings. The quantitative estimate of drug-likeness (QED) is 0.863. The van der Waals surface area contributed by atoms with Crippen molar-refractivity contribution >= 4 is 10.0 Å². The summed E-state index contributed by atoms with van der Waals surface area (Å²) >= 11 is 0. The fraction of sp³-hybridized carbons (Fsp3) is 0.400. The summed E-state index contributed by atoms with van der Waals surface area (Å²) in [6, 6.07) is 18.7. The van der Waals surface area contributed by atoms with Crippen molar-refractivity contribution in [1.82, 2.24) is 10.0 Å². The lowest BCUT2D eigenvalue weighted by atomic mass is 9.87. The van der Waals surface area contributed by atoms with Crippen molar-refractivity contribution in [1.29, 1.82) is 0 Å². The third-order valence-electron chi connectivity index (χ3n) is 4.86. The molecule has 0 spiro atoms. The van der Waals surface area contributed by atoms with Crippen molar-refractivity contribution < 1.29 is 8.42 Å². The molecule has 5 heteroatoms. The molecule has 2 aromatic carbocycles. The highest BCUT2D eigenvalue weighted by atomic mass is 32.2. The minimum atomic E-state index is -3.27. The van der Waals surface area contributed by atoms with Gasteiger partial charge in [0.1, 0.15) is 0 Å². The smallest absolute Gasteiger partial charge is 0.214 e. The topological polar surface area (TPSA) is 58.2 Å². The van der Waals surface area contributed by atoms with Crippen LogP contribution in [0.15, 0.2) is 54.6 Å². The molecule has 1 heterocycles. The van der Waals surface area contributed by atoms with Crippen LogP contribution in [0.5, 0.6) is 0 Å². The van der Waals surface area contributed by atoms with E-state index < -0.39 is 15.3 Å². The van der Waals surface area contributed by atoms with Crippen molar-refractivity contribution in [2.45, 2.75) is 37.5 Å². The van der Waals surface area contributed by atoms with Crippen molar-refractivity contribution in [3.63, 3.8) is 0 Å². The molecule has 0 aliphatic carbocycles. The first-order valence-electron chi connectivity index (χ1n) is 8.84. The van der Waals surface area contributed by atoms with Crippen molar-refractivity contribution in [2.75, 3.05) is 13.1 Å². The Morgan fingerprint density at radius 2 is 1.64 bits per heavy atom. The second-order valence-corrected chi connectivity index (χ2v) is 9.17. The molecule has 0 unspecified atom stereocenters. The third-order valence-corrected chi connectivity index (χ3v) is 6.74. The highest BCUT2D eigenvalue weighted by Gasteiger charge is 2.30. The first kappa shape index (κ1) is 18.1. The predicted octanol–water partition coefficient (Wildman–Crippen LogP) is 3.13. The van der Waals surface area contributed by atoms with Gasteiger partial charge in [-0.3, -0.25) is 0 Å². The van der Waals surface area contributed by atoms with Crippen LogP contribution in [0.1, 0.15) is 31.7 Å². The van der Waals surface area contributed by atoms with Crippen molar-refractivity contribution in [2.24, 2.45) is 0 Å². The molecule has 0 aromatic heterocycles. The van der Waals surface area contributed by atoms with Crippen LogP contribution in [0, 0.1) is 0 Å². The Hall–Kier alpha value is -1.69. The van der Waals surface area contributed by atoms with Crippen LogP contribution >= 0.6 is 0 Å². The number of sulfonamides is 1. The van der Waals surface area contributed by atoms with Gasteiger partial charge in [-0.2, -0.15) is 0 Å². The van der Waals surface area contributed by atoms with Gasteiger partial charge in [0.25, 0.3) is 0 Å². The molecule has 1 aliphatic heterocycles. The zero-order chi connectivity index (χ0) is 17.9. The van der Waals surface area contributed by atoms with Gasteiger partial charge < -0.3 is 5.32 Å². The van der Waals surface area contributed by atoms with E-state index in [1.165, 1.54) is 16.7 Å². The van der Waals surface area contributed by atoms with Gasteiger partial charge in [0, 0.05) is 18.5 Å². The molecule has 2 aromatic rings. The Bertz CT molecular complexity index is 786. The fourth-order valence-electron chi connectivity index (χ4n) is 3.25. The number of benzene rings is 2. The first-order valence-corrected chi connectivity index (χ1v) is 10.4. The van der Waals surface area contributed by atoms with Crippen LogP contribution in [0.3, 0.4) is 0 Å². The van der Waals surface area contributed by atoms with Crippen molar-refractivity contribution in [3.05, 3.63) is 60.2 Å². The summed E-state index contributed by atoms with van der Waals surface area (Å²) < 4.78 is 27.5. The highest BCUT2D eigenvalue weighted by molar-refractivity contribution is 7.90. The van der Waals surface area contributed by atoms with Gasteiger partial charge in [0.15, 0.2) is 0 Å². The van der Waals surface area contributed by atoms with Gasteiger partial charge in [0.2, 0.25) is 10.0 Å². The summed E-state index contributed by atoms with van der Waals surface area (Å²) in [5.74, 6) is 0.145. The second-order valence-electron chi connectivity index (χ2n) is 6.91. The minimum Gasteiger partial charge on any atom is -0.316 e. The highest BCUT2D eigenvalue weighted by Crippen LogP contribution is 2.27. The van der Waals surface area contributed by atoms with Gasteiger partial charge in [-0.1, -0.05) is 54.6 Å². The lowest BCUT2D eigenvalue weighted by Gasteiger charge is -2.33. The number of rotatable bonds is 5. The van der Waals surface area contributed by atoms with Crippen LogP contribution in [-0.4, -0.2) is 32.8 Å². The normalized spacial score (nSPS) is 21.4. The van der Waals surface area contributed by atoms with Crippen LogP contribution in [0.25, 0.3) is 11.1 Å². The number of piperidine rings is 1. The van der Waals surface area contributed by atoms with Crippen LogP contribution in [0.4, 0.5) is 0 Å². The average molecular weight is 359 g/mol. The Morgan fingerprint density at radius 3 is 2.28 bits per heavy atom. The van der Waals surface area contributed by atoms with Crippen LogP contribution in [0.2, 0.25) is 0 Å². The van der Waals surface area contributed by atoms with E-state index in [0.717, 1.165) is 19.5 Å². The summed E-state index contributed by atoms with van der Waals surface area (Å²) in [6.45, 7) is 5.06. The Balaban J connectivity index is 1.81. The van der Waals surface area contributed by atoms with E-state index >= 15 is 0 Å². The number of hydrogen-bond donors (Lipinski definition) is 2. The molecule has 4 nitrogen and oxygen atoms in total. The monoisotopic (exact) mass is 358 g/mol. The Labute approximate surface area is 150 Å². The van der Waals surface area contributed by atoms with Crippen LogP contribution in [-0.2, 0) is 10.0 Å². The second kappa shape index (κ2) is 7.68. The first-order chi connectivity index (χ1) is 12.0. The molecule has 0 amide bonds. The molecule has 0 saturated carbocycles. The molecule has 0 bridgehead atoms. The molecule has 25 heavy (non-hydrogen) atoms. The van der Waals surface area contributed by atoms with E-state index in [4.69, 9.17) is 0 Å². The molecule has 2 N–H and O–H groups in total. The SMILES string of the molecule is CC(C)S(=O)(=O)N[C@H]1CCNC[C@@H]1c1ccc(-c2ccccc2)cc1. The maximum absolute atomic E-state index is 12.3. The van der Waals surface area contributed by atoms with Gasteiger partial charge in [-0.25, -0.2) is 13.1 Å². The van der Waals surface area contributed by atoms with Gasteiger partial charge >= 0.3 is 0 Å².